The third-order valence-corrected chi connectivity index (χ3v) is 3.21. The van der Waals surface area contributed by atoms with E-state index in [4.69, 9.17) is 10.5 Å². The summed E-state index contributed by atoms with van der Waals surface area (Å²) in [6.07, 6.45) is 2.42. The van der Waals surface area contributed by atoms with Crippen molar-refractivity contribution in [3.8, 4) is 0 Å². The lowest BCUT2D eigenvalue weighted by molar-refractivity contribution is -0.122. The van der Waals surface area contributed by atoms with Crippen LogP contribution < -0.4 is 11.1 Å². The number of nitrogens with two attached hydrogens (primary N) is 1. The second-order valence-corrected chi connectivity index (χ2v) is 4.63. The van der Waals surface area contributed by atoms with E-state index in [1.807, 2.05) is 24.3 Å². The number of benzene rings is 1. The van der Waals surface area contributed by atoms with Gasteiger partial charge in [0, 0.05) is 13.2 Å². The maximum Gasteiger partial charge on any atom is 0.224 e. The van der Waals surface area contributed by atoms with E-state index in [2.05, 4.69) is 5.32 Å². The molecule has 0 spiro atoms. The smallest absolute Gasteiger partial charge is 0.224 e. The first kappa shape index (κ1) is 13.1. The first-order valence-electron chi connectivity index (χ1n) is 6.43. The molecule has 0 aliphatic carbocycles. The van der Waals surface area contributed by atoms with Crippen LogP contribution in [0.4, 0.5) is 0 Å². The number of ether oxygens (including phenoxy) is 1. The zero-order valence-electron chi connectivity index (χ0n) is 10.5. The van der Waals surface area contributed by atoms with Crippen LogP contribution in [0.2, 0.25) is 0 Å². The van der Waals surface area contributed by atoms with Crippen LogP contribution in [-0.2, 0) is 22.5 Å². The number of hydrogen-bond donors (Lipinski definition) is 2. The second kappa shape index (κ2) is 6.52. The summed E-state index contributed by atoms with van der Waals surface area (Å²) in [5.41, 5.74) is 7.70. The Kier molecular flexibility index (Phi) is 4.73. The van der Waals surface area contributed by atoms with Gasteiger partial charge in [0.1, 0.15) is 0 Å². The van der Waals surface area contributed by atoms with E-state index in [9.17, 15) is 4.79 Å². The molecule has 4 nitrogen and oxygen atoms in total. The summed E-state index contributed by atoms with van der Waals surface area (Å²) in [6, 6.07) is 7.96. The first-order chi connectivity index (χ1) is 8.79. The lowest BCUT2D eigenvalue weighted by Gasteiger charge is -2.23. The summed E-state index contributed by atoms with van der Waals surface area (Å²) in [5, 5.41) is 3.01. The molecule has 1 heterocycles. The molecule has 18 heavy (non-hydrogen) atoms. The van der Waals surface area contributed by atoms with E-state index in [-0.39, 0.29) is 11.9 Å². The van der Waals surface area contributed by atoms with E-state index in [0.717, 1.165) is 30.6 Å². The fourth-order valence-corrected chi connectivity index (χ4v) is 2.24. The highest BCUT2D eigenvalue weighted by Crippen LogP contribution is 2.10. The molecule has 2 rings (SSSR count). The predicted molar refractivity (Wildman–Crippen MR) is 70.0 cm³/mol. The van der Waals surface area contributed by atoms with E-state index >= 15 is 0 Å². The molecule has 1 aliphatic rings. The third-order valence-electron chi connectivity index (χ3n) is 3.21. The summed E-state index contributed by atoms with van der Waals surface area (Å²) in [6.45, 7) is 1.91. The van der Waals surface area contributed by atoms with Crippen molar-refractivity contribution in [3.63, 3.8) is 0 Å². The van der Waals surface area contributed by atoms with Crippen molar-refractivity contribution in [2.24, 2.45) is 5.73 Å². The number of rotatable bonds is 4. The molecule has 1 unspecified atom stereocenters. The topological polar surface area (TPSA) is 64.4 Å². The standard InChI is InChI=1S/C14H20N2O2/c15-9-12-5-2-1-4-11(12)8-14(17)16-13-6-3-7-18-10-13/h1-2,4-5,13H,3,6-10,15H2,(H,16,17). The van der Waals surface area contributed by atoms with Crippen molar-refractivity contribution in [2.75, 3.05) is 13.2 Å². The first-order valence-corrected chi connectivity index (χ1v) is 6.43. The van der Waals surface area contributed by atoms with Crippen molar-refractivity contribution < 1.29 is 9.53 Å². The van der Waals surface area contributed by atoms with Crippen LogP contribution in [0, 0.1) is 0 Å². The van der Waals surface area contributed by atoms with Gasteiger partial charge in [0.05, 0.1) is 19.1 Å². The van der Waals surface area contributed by atoms with Crippen molar-refractivity contribution >= 4 is 5.91 Å². The number of carbonyl (C=O) groups is 1. The molecule has 0 saturated carbocycles. The molecule has 1 aromatic carbocycles. The zero-order valence-corrected chi connectivity index (χ0v) is 10.5. The van der Waals surface area contributed by atoms with Gasteiger partial charge in [0.25, 0.3) is 0 Å². The summed E-state index contributed by atoms with van der Waals surface area (Å²) in [7, 11) is 0. The zero-order chi connectivity index (χ0) is 12.8. The second-order valence-electron chi connectivity index (χ2n) is 4.63. The van der Waals surface area contributed by atoms with Gasteiger partial charge in [0.15, 0.2) is 0 Å². The third kappa shape index (κ3) is 3.55. The fourth-order valence-electron chi connectivity index (χ4n) is 2.24. The van der Waals surface area contributed by atoms with Gasteiger partial charge >= 0.3 is 0 Å². The summed E-state index contributed by atoms with van der Waals surface area (Å²) in [4.78, 5) is 11.9. The molecule has 1 aromatic rings. The van der Waals surface area contributed by atoms with Crippen LogP contribution in [0.5, 0.6) is 0 Å². The Bertz CT molecular complexity index is 401. The molecular formula is C14H20N2O2. The highest BCUT2D eigenvalue weighted by atomic mass is 16.5. The number of amides is 1. The minimum Gasteiger partial charge on any atom is -0.379 e. The Morgan fingerprint density at radius 2 is 2.17 bits per heavy atom. The lowest BCUT2D eigenvalue weighted by Crippen LogP contribution is -2.41. The summed E-state index contributed by atoms with van der Waals surface area (Å²) in [5.74, 6) is 0.0476. The predicted octanol–water partition coefficient (Wildman–Crippen LogP) is 0.983. The Balaban J connectivity index is 1.90. The summed E-state index contributed by atoms with van der Waals surface area (Å²) < 4.78 is 5.34. The van der Waals surface area contributed by atoms with Crippen LogP contribution >= 0.6 is 0 Å². The monoisotopic (exact) mass is 248 g/mol. The molecule has 0 radical (unpaired) electrons. The number of hydrogen-bond acceptors (Lipinski definition) is 3. The average molecular weight is 248 g/mol. The highest BCUT2D eigenvalue weighted by Gasteiger charge is 2.16. The molecule has 3 N–H and O–H groups in total. The molecule has 1 amide bonds. The van der Waals surface area contributed by atoms with Crippen LogP contribution in [0.25, 0.3) is 0 Å². The van der Waals surface area contributed by atoms with Crippen LogP contribution in [0.3, 0.4) is 0 Å². The Morgan fingerprint density at radius 1 is 1.39 bits per heavy atom. The van der Waals surface area contributed by atoms with E-state index in [1.165, 1.54) is 0 Å². The molecular weight excluding hydrogens is 228 g/mol. The molecule has 0 aromatic heterocycles. The Labute approximate surface area is 108 Å². The van der Waals surface area contributed by atoms with Crippen molar-refractivity contribution in [1.29, 1.82) is 0 Å². The van der Waals surface area contributed by atoms with Crippen LogP contribution in [0.15, 0.2) is 24.3 Å². The molecule has 1 fully saturated rings. The molecule has 1 atom stereocenters. The van der Waals surface area contributed by atoms with Gasteiger partial charge in [-0.15, -0.1) is 0 Å². The van der Waals surface area contributed by atoms with E-state index < -0.39 is 0 Å². The minimum atomic E-state index is 0.0476. The Hall–Kier alpha value is -1.39. The normalized spacial score (nSPS) is 19.5. The SMILES string of the molecule is NCc1ccccc1CC(=O)NC1CCCOC1. The van der Waals surface area contributed by atoms with Crippen molar-refractivity contribution in [1.82, 2.24) is 5.32 Å². The van der Waals surface area contributed by atoms with E-state index in [0.29, 0.717) is 19.6 Å². The van der Waals surface area contributed by atoms with Gasteiger partial charge in [-0.05, 0) is 24.0 Å². The van der Waals surface area contributed by atoms with Gasteiger partial charge in [-0.3, -0.25) is 4.79 Å². The minimum absolute atomic E-state index is 0.0476. The van der Waals surface area contributed by atoms with Gasteiger partial charge < -0.3 is 15.8 Å². The van der Waals surface area contributed by atoms with Crippen molar-refractivity contribution in [2.45, 2.75) is 31.8 Å². The largest absolute Gasteiger partial charge is 0.379 e. The summed E-state index contributed by atoms with van der Waals surface area (Å²) >= 11 is 0. The highest BCUT2D eigenvalue weighted by molar-refractivity contribution is 5.79. The lowest BCUT2D eigenvalue weighted by atomic mass is 10.0. The maximum absolute atomic E-state index is 11.9. The molecule has 1 aliphatic heterocycles. The van der Waals surface area contributed by atoms with E-state index in [1.54, 1.807) is 0 Å². The van der Waals surface area contributed by atoms with Crippen LogP contribution in [0.1, 0.15) is 24.0 Å². The molecule has 0 bridgehead atoms. The molecule has 1 saturated heterocycles. The van der Waals surface area contributed by atoms with Gasteiger partial charge in [0.2, 0.25) is 5.91 Å². The van der Waals surface area contributed by atoms with Crippen molar-refractivity contribution in [3.05, 3.63) is 35.4 Å². The fraction of sp³-hybridized carbons (Fsp3) is 0.500. The average Bonchev–Trinajstić information content (AvgIpc) is 2.40. The number of carbonyl (C=O) groups excluding carboxylic acids is 1. The molecule has 4 heteroatoms. The number of nitrogens with one attached hydrogen (secondary N) is 1. The maximum atomic E-state index is 11.9. The van der Waals surface area contributed by atoms with Gasteiger partial charge in [-0.25, -0.2) is 0 Å². The Morgan fingerprint density at radius 3 is 2.83 bits per heavy atom. The quantitative estimate of drug-likeness (QED) is 0.835. The van der Waals surface area contributed by atoms with Gasteiger partial charge in [-0.2, -0.15) is 0 Å². The van der Waals surface area contributed by atoms with Crippen LogP contribution in [-0.4, -0.2) is 25.2 Å². The molecule has 98 valence electrons. The van der Waals surface area contributed by atoms with Gasteiger partial charge in [-0.1, -0.05) is 24.3 Å².